The first-order valence-electron chi connectivity index (χ1n) is 10.9. The molecule has 33 heavy (non-hydrogen) atoms. The highest BCUT2D eigenvalue weighted by atomic mass is 35.5. The maximum absolute atomic E-state index is 13.7. The molecule has 0 radical (unpaired) electrons. The number of carbonyl (C=O) groups excluding carboxylic acids is 2. The number of amides is 1. The summed E-state index contributed by atoms with van der Waals surface area (Å²) in [5, 5.41) is 4.11. The Kier molecular flexibility index (Phi) is 5.51. The number of nitrogens with one attached hydrogen (secondary N) is 1. The van der Waals surface area contributed by atoms with Crippen LogP contribution in [0.4, 0.5) is 15.8 Å². The average molecular weight is 461 g/mol. The van der Waals surface area contributed by atoms with Gasteiger partial charge in [-0.1, -0.05) is 48.0 Å². The summed E-state index contributed by atoms with van der Waals surface area (Å²) in [4.78, 5) is 28.2. The molecule has 0 aromatic heterocycles. The van der Waals surface area contributed by atoms with E-state index in [-0.39, 0.29) is 23.4 Å². The zero-order chi connectivity index (χ0) is 23.1. The molecule has 4 nitrogen and oxygen atoms in total. The number of carbonyl (C=O) groups is 2. The maximum Gasteiger partial charge on any atom is 0.224 e. The topological polar surface area (TPSA) is 49.4 Å². The van der Waals surface area contributed by atoms with Crippen LogP contribution >= 0.6 is 11.6 Å². The van der Waals surface area contributed by atoms with Gasteiger partial charge in [0.2, 0.25) is 5.91 Å². The molecule has 2 aliphatic rings. The number of para-hydroxylation sites is 2. The molecule has 1 aliphatic heterocycles. The molecular formula is C27H22ClFN2O2. The second-order valence-corrected chi connectivity index (χ2v) is 8.89. The number of benzene rings is 3. The molecule has 0 bridgehead atoms. The Bertz CT molecular complexity index is 1270. The fraction of sp³-hybridized carbons (Fsp3) is 0.185. The first kappa shape index (κ1) is 21.4. The third-order valence-corrected chi connectivity index (χ3v) is 6.61. The molecule has 1 aliphatic carbocycles. The molecular weight excluding hydrogens is 439 g/mol. The van der Waals surface area contributed by atoms with E-state index >= 15 is 0 Å². The molecule has 2 atom stereocenters. The van der Waals surface area contributed by atoms with Crippen LogP contribution in [0.2, 0.25) is 5.02 Å². The van der Waals surface area contributed by atoms with Crippen LogP contribution in [0.25, 0.3) is 0 Å². The quantitative estimate of drug-likeness (QED) is 0.481. The Labute approximate surface area is 196 Å². The van der Waals surface area contributed by atoms with Crippen molar-refractivity contribution in [2.75, 3.05) is 10.2 Å². The SMILES string of the molecule is CC(=O)N1c2ccccc2NC2=C(C(=O)C[C@@H](c3ccc(Cl)cc3)C2)[C@H]1c1ccc(F)cc1. The number of nitrogens with zero attached hydrogens (tertiary/aromatic N) is 1. The fourth-order valence-electron chi connectivity index (χ4n) is 4.87. The minimum absolute atomic E-state index is 0.00840. The maximum atomic E-state index is 13.7. The monoisotopic (exact) mass is 460 g/mol. The van der Waals surface area contributed by atoms with Gasteiger partial charge in [-0.2, -0.15) is 0 Å². The molecule has 1 heterocycles. The number of hydrogen-bond donors (Lipinski definition) is 1. The van der Waals surface area contributed by atoms with E-state index in [1.807, 2.05) is 48.5 Å². The normalized spacial score (nSPS) is 20.0. The van der Waals surface area contributed by atoms with Crippen LogP contribution in [0.15, 0.2) is 84.1 Å². The van der Waals surface area contributed by atoms with E-state index in [2.05, 4.69) is 5.32 Å². The minimum Gasteiger partial charge on any atom is -0.357 e. The first-order chi connectivity index (χ1) is 15.9. The average Bonchev–Trinajstić information content (AvgIpc) is 2.94. The molecule has 0 saturated carbocycles. The van der Waals surface area contributed by atoms with Gasteiger partial charge in [0.25, 0.3) is 0 Å². The third kappa shape index (κ3) is 3.93. The molecule has 3 aromatic rings. The number of halogens is 2. The lowest BCUT2D eigenvalue weighted by molar-refractivity contribution is -0.117. The molecule has 3 aromatic carbocycles. The zero-order valence-corrected chi connectivity index (χ0v) is 18.8. The number of ketones is 1. The van der Waals surface area contributed by atoms with Crippen LogP contribution in [-0.2, 0) is 9.59 Å². The van der Waals surface area contributed by atoms with Crippen LogP contribution in [0, 0.1) is 5.82 Å². The predicted octanol–water partition coefficient (Wildman–Crippen LogP) is 6.40. The van der Waals surface area contributed by atoms with E-state index in [0.29, 0.717) is 34.7 Å². The predicted molar refractivity (Wildman–Crippen MR) is 128 cm³/mol. The van der Waals surface area contributed by atoms with Gasteiger partial charge < -0.3 is 5.32 Å². The van der Waals surface area contributed by atoms with E-state index in [1.165, 1.54) is 19.1 Å². The number of Topliss-reactive ketones (excluding diaryl/α,β-unsaturated/α-hetero) is 1. The number of rotatable bonds is 2. The Hall–Kier alpha value is -3.44. The van der Waals surface area contributed by atoms with Crippen molar-refractivity contribution in [3.05, 3.63) is 106 Å². The number of fused-ring (bicyclic) bond motifs is 1. The summed E-state index contributed by atoms with van der Waals surface area (Å²) in [5.41, 5.74) is 4.52. The Morgan fingerprint density at radius 3 is 2.33 bits per heavy atom. The van der Waals surface area contributed by atoms with Gasteiger partial charge >= 0.3 is 0 Å². The van der Waals surface area contributed by atoms with Gasteiger partial charge in [0, 0.05) is 29.6 Å². The van der Waals surface area contributed by atoms with Gasteiger partial charge in [-0.15, -0.1) is 0 Å². The largest absolute Gasteiger partial charge is 0.357 e. The van der Waals surface area contributed by atoms with Gasteiger partial charge in [0.05, 0.1) is 17.4 Å². The molecule has 166 valence electrons. The molecule has 0 saturated heterocycles. The van der Waals surface area contributed by atoms with Gasteiger partial charge in [-0.25, -0.2) is 4.39 Å². The fourth-order valence-corrected chi connectivity index (χ4v) is 5.00. The molecule has 6 heteroatoms. The first-order valence-corrected chi connectivity index (χ1v) is 11.2. The second-order valence-electron chi connectivity index (χ2n) is 8.46. The van der Waals surface area contributed by atoms with Gasteiger partial charge in [-0.3, -0.25) is 14.5 Å². The van der Waals surface area contributed by atoms with Crippen molar-refractivity contribution in [2.45, 2.75) is 31.7 Å². The van der Waals surface area contributed by atoms with Crippen molar-refractivity contribution in [1.29, 1.82) is 0 Å². The zero-order valence-electron chi connectivity index (χ0n) is 18.0. The summed E-state index contributed by atoms with van der Waals surface area (Å²) in [7, 11) is 0. The lowest BCUT2D eigenvalue weighted by atomic mass is 9.78. The van der Waals surface area contributed by atoms with Crippen LogP contribution in [-0.4, -0.2) is 11.7 Å². The summed E-state index contributed by atoms with van der Waals surface area (Å²) in [5.74, 6) is -0.602. The Morgan fingerprint density at radius 2 is 1.64 bits per heavy atom. The van der Waals surface area contributed by atoms with Crippen LogP contribution in [0.1, 0.15) is 42.9 Å². The van der Waals surface area contributed by atoms with Crippen molar-refractivity contribution in [3.63, 3.8) is 0 Å². The molecule has 5 rings (SSSR count). The van der Waals surface area contributed by atoms with E-state index in [4.69, 9.17) is 11.6 Å². The van der Waals surface area contributed by atoms with Gasteiger partial charge in [0.1, 0.15) is 5.82 Å². The summed E-state index contributed by atoms with van der Waals surface area (Å²) in [6, 6.07) is 20.5. The Balaban J connectivity index is 1.69. The van der Waals surface area contributed by atoms with Crippen LogP contribution in [0.3, 0.4) is 0 Å². The standard InChI is InChI=1S/C27H22ClFN2O2/c1-16(32)31-24-5-3-2-4-22(24)30-23-14-19(17-6-10-20(28)11-7-17)15-25(33)26(23)27(31)18-8-12-21(29)13-9-18/h2-13,19,27,30H,14-15H2,1H3/t19-,27+/m0/s1. The molecule has 1 N–H and O–H groups in total. The summed E-state index contributed by atoms with van der Waals surface area (Å²) >= 11 is 6.06. The summed E-state index contributed by atoms with van der Waals surface area (Å²) < 4.78 is 13.7. The molecule has 0 spiro atoms. The second kappa shape index (κ2) is 8.49. The number of allylic oxidation sites excluding steroid dienone is 1. The number of anilines is 2. The third-order valence-electron chi connectivity index (χ3n) is 6.36. The van der Waals surface area contributed by atoms with Crippen LogP contribution < -0.4 is 10.2 Å². The highest BCUT2D eigenvalue weighted by molar-refractivity contribution is 6.30. The minimum atomic E-state index is -0.645. The summed E-state index contributed by atoms with van der Waals surface area (Å²) in [6.45, 7) is 1.49. The molecule has 0 fully saturated rings. The molecule has 0 unspecified atom stereocenters. The van der Waals surface area contributed by atoms with Crippen molar-refractivity contribution in [2.24, 2.45) is 0 Å². The van der Waals surface area contributed by atoms with Crippen molar-refractivity contribution in [3.8, 4) is 0 Å². The lowest BCUT2D eigenvalue weighted by Gasteiger charge is -2.34. The van der Waals surface area contributed by atoms with Crippen molar-refractivity contribution in [1.82, 2.24) is 0 Å². The lowest BCUT2D eigenvalue weighted by Crippen LogP contribution is -2.37. The van der Waals surface area contributed by atoms with Gasteiger partial charge in [-0.05, 0) is 59.9 Å². The molecule has 1 amide bonds. The highest BCUT2D eigenvalue weighted by Gasteiger charge is 2.40. The van der Waals surface area contributed by atoms with Gasteiger partial charge in [0.15, 0.2) is 5.78 Å². The van der Waals surface area contributed by atoms with E-state index in [1.54, 1.807) is 17.0 Å². The van der Waals surface area contributed by atoms with Crippen molar-refractivity contribution < 1.29 is 14.0 Å². The summed E-state index contributed by atoms with van der Waals surface area (Å²) in [6.07, 6.45) is 0.933. The number of hydrogen-bond acceptors (Lipinski definition) is 3. The van der Waals surface area contributed by atoms with Crippen molar-refractivity contribution >= 4 is 34.7 Å². The van der Waals surface area contributed by atoms with E-state index in [0.717, 1.165) is 16.9 Å². The van der Waals surface area contributed by atoms with E-state index < -0.39 is 6.04 Å². The van der Waals surface area contributed by atoms with E-state index in [9.17, 15) is 14.0 Å². The highest BCUT2D eigenvalue weighted by Crippen LogP contribution is 2.47. The smallest absolute Gasteiger partial charge is 0.224 e. The van der Waals surface area contributed by atoms with Crippen LogP contribution in [0.5, 0.6) is 0 Å². The Morgan fingerprint density at radius 1 is 0.970 bits per heavy atom.